The molecule has 0 atom stereocenters. The molecular formula is C15H11Br3N2O2. The molecule has 0 aliphatic heterocycles. The van der Waals surface area contributed by atoms with Gasteiger partial charge in [-0.1, -0.05) is 46.3 Å². The molecule has 2 aromatic rings. The van der Waals surface area contributed by atoms with E-state index in [-0.39, 0.29) is 18.1 Å². The predicted molar refractivity (Wildman–Crippen MR) is 97.1 cm³/mol. The first-order valence-corrected chi connectivity index (χ1v) is 8.59. The summed E-state index contributed by atoms with van der Waals surface area (Å²) in [5.41, 5.74) is 4.00. The number of halogens is 3. The van der Waals surface area contributed by atoms with E-state index in [9.17, 15) is 9.90 Å². The standard InChI is InChI=1S/C15H11Br3N2O2/c16-11-7-12(17)15(22)14(18)10(11)8-19-20-13(21)6-9-4-2-1-3-5-9/h1-5,7-8,22H,6H2,(H,20,21). The maximum absolute atomic E-state index is 11.8. The van der Waals surface area contributed by atoms with Gasteiger partial charge in [0, 0.05) is 10.0 Å². The Labute approximate surface area is 153 Å². The fourth-order valence-electron chi connectivity index (χ4n) is 1.70. The van der Waals surface area contributed by atoms with Gasteiger partial charge in [-0.25, -0.2) is 5.43 Å². The van der Waals surface area contributed by atoms with E-state index in [1.54, 1.807) is 6.07 Å². The van der Waals surface area contributed by atoms with E-state index in [1.165, 1.54) is 6.21 Å². The second-order valence-electron chi connectivity index (χ2n) is 4.37. The summed E-state index contributed by atoms with van der Waals surface area (Å²) in [6.07, 6.45) is 1.72. The lowest BCUT2D eigenvalue weighted by molar-refractivity contribution is -0.120. The molecule has 1 amide bonds. The number of phenolic OH excluding ortho intramolecular Hbond substituents is 1. The maximum atomic E-state index is 11.8. The summed E-state index contributed by atoms with van der Waals surface area (Å²) in [7, 11) is 0. The highest BCUT2D eigenvalue weighted by molar-refractivity contribution is 9.11. The monoisotopic (exact) mass is 488 g/mol. The first-order chi connectivity index (χ1) is 10.5. The highest BCUT2D eigenvalue weighted by atomic mass is 79.9. The zero-order chi connectivity index (χ0) is 16.1. The zero-order valence-corrected chi connectivity index (χ0v) is 15.9. The largest absolute Gasteiger partial charge is 0.506 e. The fraction of sp³-hybridized carbons (Fsp3) is 0.0667. The molecule has 0 aliphatic rings. The number of nitrogens with one attached hydrogen (secondary N) is 1. The highest BCUT2D eigenvalue weighted by Gasteiger charge is 2.12. The molecule has 7 heteroatoms. The van der Waals surface area contributed by atoms with Crippen molar-refractivity contribution < 1.29 is 9.90 Å². The molecule has 114 valence electrons. The third-order valence-corrected chi connectivity index (χ3v) is 4.84. The summed E-state index contributed by atoms with van der Waals surface area (Å²) in [5, 5.41) is 13.8. The Balaban J connectivity index is 2.04. The summed E-state index contributed by atoms with van der Waals surface area (Å²) in [6, 6.07) is 11.1. The SMILES string of the molecule is O=C(Cc1ccccc1)NN=Cc1c(Br)cc(Br)c(O)c1Br. The molecule has 0 spiro atoms. The van der Waals surface area contributed by atoms with Crippen LogP contribution in [0.3, 0.4) is 0 Å². The van der Waals surface area contributed by atoms with Crippen molar-refractivity contribution in [1.29, 1.82) is 0 Å². The van der Waals surface area contributed by atoms with Crippen molar-refractivity contribution in [2.45, 2.75) is 6.42 Å². The van der Waals surface area contributed by atoms with Crippen LogP contribution in [0.4, 0.5) is 0 Å². The van der Waals surface area contributed by atoms with Crippen LogP contribution in [0.1, 0.15) is 11.1 Å². The first-order valence-electron chi connectivity index (χ1n) is 6.21. The van der Waals surface area contributed by atoms with Gasteiger partial charge in [0.05, 0.1) is 21.6 Å². The van der Waals surface area contributed by atoms with Gasteiger partial charge in [0.1, 0.15) is 5.75 Å². The van der Waals surface area contributed by atoms with Crippen LogP contribution in [-0.2, 0) is 11.2 Å². The minimum absolute atomic E-state index is 0.0697. The number of hydrazone groups is 1. The van der Waals surface area contributed by atoms with Crippen LogP contribution in [0.5, 0.6) is 5.75 Å². The zero-order valence-electron chi connectivity index (χ0n) is 11.2. The molecule has 2 N–H and O–H groups in total. The minimum atomic E-state index is -0.212. The van der Waals surface area contributed by atoms with Gasteiger partial charge in [0.25, 0.3) is 0 Å². The van der Waals surface area contributed by atoms with Crippen LogP contribution >= 0.6 is 47.8 Å². The van der Waals surface area contributed by atoms with Crippen LogP contribution in [0.2, 0.25) is 0 Å². The number of hydrogen-bond donors (Lipinski definition) is 2. The van der Waals surface area contributed by atoms with Gasteiger partial charge in [0.15, 0.2) is 0 Å². The molecule has 0 heterocycles. The lowest BCUT2D eigenvalue weighted by Gasteiger charge is -2.06. The molecule has 0 bridgehead atoms. The molecule has 2 aromatic carbocycles. The number of amides is 1. The van der Waals surface area contributed by atoms with E-state index in [4.69, 9.17) is 0 Å². The topological polar surface area (TPSA) is 61.7 Å². The van der Waals surface area contributed by atoms with Crippen LogP contribution in [0.25, 0.3) is 0 Å². The number of carbonyl (C=O) groups is 1. The van der Waals surface area contributed by atoms with Crippen molar-refractivity contribution >= 4 is 59.9 Å². The van der Waals surface area contributed by atoms with Crippen molar-refractivity contribution in [2.75, 3.05) is 0 Å². The number of aromatic hydroxyl groups is 1. The Kier molecular flexibility index (Phi) is 6.16. The van der Waals surface area contributed by atoms with Gasteiger partial charge >= 0.3 is 0 Å². The summed E-state index contributed by atoms with van der Waals surface area (Å²) >= 11 is 9.90. The van der Waals surface area contributed by atoms with Gasteiger partial charge in [-0.15, -0.1) is 0 Å². The molecule has 0 unspecified atom stereocenters. The van der Waals surface area contributed by atoms with E-state index in [0.717, 1.165) is 10.0 Å². The Morgan fingerprint density at radius 2 is 1.86 bits per heavy atom. The van der Waals surface area contributed by atoms with Gasteiger partial charge in [-0.2, -0.15) is 5.10 Å². The molecular weight excluding hydrogens is 480 g/mol. The average Bonchev–Trinajstić information content (AvgIpc) is 2.49. The number of phenols is 1. The average molecular weight is 491 g/mol. The normalized spacial score (nSPS) is 10.9. The second-order valence-corrected chi connectivity index (χ2v) is 6.87. The summed E-state index contributed by atoms with van der Waals surface area (Å²) in [4.78, 5) is 11.8. The highest BCUT2D eigenvalue weighted by Crippen LogP contribution is 2.38. The number of nitrogens with zero attached hydrogens (tertiary/aromatic N) is 1. The van der Waals surface area contributed by atoms with E-state index in [2.05, 4.69) is 58.3 Å². The van der Waals surface area contributed by atoms with E-state index < -0.39 is 0 Å². The minimum Gasteiger partial charge on any atom is -0.506 e. The Bertz CT molecular complexity index is 718. The number of benzene rings is 2. The van der Waals surface area contributed by atoms with Crippen LogP contribution < -0.4 is 5.43 Å². The van der Waals surface area contributed by atoms with E-state index in [0.29, 0.717) is 14.5 Å². The Hall–Kier alpha value is -1.18. The molecule has 0 saturated carbocycles. The predicted octanol–water partition coefficient (Wildman–Crippen LogP) is 4.37. The van der Waals surface area contributed by atoms with Crippen molar-refractivity contribution in [1.82, 2.24) is 5.43 Å². The lowest BCUT2D eigenvalue weighted by atomic mass is 10.1. The number of hydrogen-bond acceptors (Lipinski definition) is 3. The molecule has 0 fully saturated rings. The molecule has 22 heavy (non-hydrogen) atoms. The van der Waals surface area contributed by atoms with Crippen LogP contribution in [-0.4, -0.2) is 17.2 Å². The molecule has 4 nitrogen and oxygen atoms in total. The molecule has 0 radical (unpaired) electrons. The van der Waals surface area contributed by atoms with Crippen molar-refractivity contribution in [3.63, 3.8) is 0 Å². The van der Waals surface area contributed by atoms with Gasteiger partial charge in [-0.05, 0) is 43.5 Å². The third kappa shape index (κ3) is 4.41. The number of carbonyl (C=O) groups excluding carboxylic acids is 1. The molecule has 0 aliphatic carbocycles. The summed E-state index contributed by atoms with van der Waals surface area (Å²) in [6.45, 7) is 0. The molecule has 0 aromatic heterocycles. The quantitative estimate of drug-likeness (QED) is 0.494. The number of rotatable bonds is 4. The fourth-order valence-corrected chi connectivity index (χ4v) is 4.03. The second kappa shape index (κ2) is 7.89. The van der Waals surface area contributed by atoms with E-state index >= 15 is 0 Å². The Morgan fingerprint density at radius 1 is 1.18 bits per heavy atom. The van der Waals surface area contributed by atoms with Gasteiger partial charge < -0.3 is 5.11 Å². The van der Waals surface area contributed by atoms with Crippen molar-refractivity contribution in [2.24, 2.45) is 5.10 Å². The summed E-state index contributed by atoms with van der Waals surface area (Å²) in [5.74, 6) is -0.142. The van der Waals surface area contributed by atoms with Crippen LogP contribution in [0.15, 0.2) is 54.9 Å². The van der Waals surface area contributed by atoms with Crippen LogP contribution in [0, 0.1) is 0 Å². The van der Waals surface area contributed by atoms with Crippen molar-refractivity contribution in [3.8, 4) is 5.75 Å². The van der Waals surface area contributed by atoms with E-state index in [1.807, 2.05) is 30.3 Å². The smallest absolute Gasteiger partial charge is 0.244 e. The van der Waals surface area contributed by atoms with Crippen molar-refractivity contribution in [3.05, 3.63) is 60.9 Å². The Morgan fingerprint density at radius 3 is 2.55 bits per heavy atom. The van der Waals surface area contributed by atoms with Gasteiger partial charge in [-0.3, -0.25) is 4.79 Å². The summed E-state index contributed by atoms with van der Waals surface area (Å²) < 4.78 is 1.76. The third-order valence-electron chi connectivity index (χ3n) is 2.77. The maximum Gasteiger partial charge on any atom is 0.244 e. The first kappa shape index (κ1) is 17.2. The molecule has 2 rings (SSSR count). The van der Waals surface area contributed by atoms with Gasteiger partial charge in [0.2, 0.25) is 5.91 Å². The lowest BCUT2D eigenvalue weighted by Crippen LogP contribution is -2.19. The molecule has 0 saturated heterocycles.